The quantitative estimate of drug-likeness (QED) is 0.212. The SMILES string of the molecule is O=C(CCN(CCC(=O)NNC(=O)Nc1ccc(Cl)cc1)c1ccccc1)NNC(=O)Nc1ccc(Cl)cc1. The van der Waals surface area contributed by atoms with Crippen molar-refractivity contribution in [2.75, 3.05) is 28.6 Å². The van der Waals surface area contributed by atoms with Gasteiger partial charge in [-0.25, -0.2) is 20.4 Å². The highest BCUT2D eigenvalue weighted by atomic mass is 35.5. The van der Waals surface area contributed by atoms with Crippen LogP contribution in [0.4, 0.5) is 26.7 Å². The lowest BCUT2D eigenvalue weighted by Crippen LogP contribution is -2.46. The van der Waals surface area contributed by atoms with E-state index >= 15 is 0 Å². The van der Waals surface area contributed by atoms with Gasteiger partial charge in [0, 0.05) is 53.0 Å². The van der Waals surface area contributed by atoms with Crippen molar-refractivity contribution in [2.24, 2.45) is 0 Å². The zero-order valence-corrected chi connectivity index (χ0v) is 22.2. The van der Waals surface area contributed by atoms with E-state index in [1.165, 1.54) is 0 Å². The van der Waals surface area contributed by atoms with Crippen LogP contribution in [0, 0.1) is 0 Å². The first kappa shape index (κ1) is 29.1. The molecular weight excluding hydrogens is 545 g/mol. The Labute approximate surface area is 235 Å². The summed E-state index contributed by atoms with van der Waals surface area (Å²) in [6.07, 6.45) is 0.0823. The molecule has 3 aromatic carbocycles. The number of nitrogens with zero attached hydrogens (tertiary/aromatic N) is 1. The lowest BCUT2D eigenvalue weighted by molar-refractivity contribution is -0.122. The Hall–Kier alpha value is -4.48. The van der Waals surface area contributed by atoms with Crippen LogP contribution in [0.2, 0.25) is 10.0 Å². The first-order chi connectivity index (χ1) is 18.8. The van der Waals surface area contributed by atoms with E-state index in [0.29, 0.717) is 21.4 Å². The highest BCUT2D eigenvalue weighted by Gasteiger charge is 2.13. The third kappa shape index (κ3) is 10.8. The van der Waals surface area contributed by atoms with Crippen LogP contribution in [0.25, 0.3) is 0 Å². The third-order valence-electron chi connectivity index (χ3n) is 5.17. The van der Waals surface area contributed by atoms with Gasteiger partial charge in [-0.2, -0.15) is 0 Å². The summed E-state index contributed by atoms with van der Waals surface area (Å²) < 4.78 is 0. The smallest absolute Gasteiger partial charge is 0.337 e. The largest absolute Gasteiger partial charge is 0.370 e. The zero-order valence-electron chi connectivity index (χ0n) is 20.7. The van der Waals surface area contributed by atoms with E-state index in [-0.39, 0.29) is 25.9 Å². The zero-order chi connectivity index (χ0) is 28.0. The van der Waals surface area contributed by atoms with Crippen molar-refractivity contribution in [2.45, 2.75) is 12.8 Å². The molecule has 11 nitrogen and oxygen atoms in total. The maximum atomic E-state index is 12.3. The van der Waals surface area contributed by atoms with Crippen LogP contribution in [-0.2, 0) is 9.59 Å². The van der Waals surface area contributed by atoms with Gasteiger partial charge in [0.25, 0.3) is 0 Å². The maximum Gasteiger partial charge on any atom is 0.337 e. The number of carbonyl (C=O) groups is 4. The highest BCUT2D eigenvalue weighted by Crippen LogP contribution is 2.15. The topological polar surface area (TPSA) is 144 Å². The van der Waals surface area contributed by atoms with Crippen LogP contribution in [0.3, 0.4) is 0 Å². The van der Waals surface area contributed by atoms with Gasteiger partial charge in [0.1, 0.15) is 0 Å². The molecule has 3 rings (SSSR count). The lowest BCUT2D eigenvalue weighted by Gasteiger charge is -2.24. The molecule has 0 heterocycles. The molecule has 0 fully saturated rings. The van der Waals surface area contributed by atoms with E-state index in [4.69, 9.17) is 23.2 Å². The molecule has 204 valence electrons. The van der Waals surface area contributed by atoms with E-state index in [2.05, 4.69) is 32.3 Å². The minimum Gasteiger partial charge on any atom is -0.370 e. The number of hydrazine groups is 2. The highest BCUT2D eigenvalue weighted by molar-refractivity contribution is 6.31. The van der Waals surface area contributed by atoms with Gasteiger partial charge in [-0.3, -0.25) is 20.4 Å². The summed E-state index contributed by atoms with van der Waals surface area (Å²) >= 11 is 11.6. The molecule has 0 aromatic heterocycles. The summed E-state index contributed by atoms with van der Waals surface area (Å²) in [5.74, 6) is -0.848. The number of benzene rings is 3. The molecule has 0 atom stereocenters. The van der Waals surface area contributed by atoms with Crippen molar-refractivity contribution < 1.29 is 19.2 Å². The number of amides is 6. The maximum absolute atomic E-state index is 12.3. The molecule has 0 aliphatic carbocycles. The Balaban J connectivity index is 1.42. The normalized spacial score (nSPS) is 10.1. The summed E-state index contributed by atoms with van der Waals surface area (Å²) in [7, 11) is 0. The molecular formula is C26H27Cl2N7O4. The fourth-order valence-electron chi connectivity index (χ4n) is 3.25. The molecule has 0 aliphatic heterocycles. The fourth-order valence-corrected chi connectivity index (χ4v) is 3.50. The van der Waals surface area contributed by atoms with Crippen LogP contribution >= 0.6 is 23.2 Å². The van der Waals surface area contributed by atoms with Crippen LogP contribution in [0.15, 0.2) is 78.9 Å². The van der Waals surface area contributed by atoms with Crippen molar-refractivity contribution in [3.05, 3.63) is 88.9 Å². The van der Waals surface area contributed by atoms with Crippen LogP contribution < -0.4 is 37.2 Å². The van der Waals surface area contributed by atoms with Crippen LogP contribution in [0.5, 0.6) is 0 Å². The summed E-state index contributed by atoms with van der Waals surface area (Å²) in [4.78, 5) is 50.5. The van der Waals surface area contributed by atoms with Crippen molar-refractivity contribution >= 4 is 64.1 Å². The standard InChI is InChI=1S/C26H27Cl2N7O4/c27-18-6-10-20(11-7-18)29-25(38)33-31-23(36)14-16-35(22-4-2-1-3-5-22)17-15-24(37)32-34-26(39)30-21-12-8-19(28)9-13-21/h1-13H,14-17H2,(H,31,36)(H,32,37)(H2,29,33,38)(H2,30,34,39). The van der Waals surface area contributed by atoms with E-state index in [0.717, 1.165) is 5.69 Å². The fraction of sp³-hybridized carbons (Fsp3) is 0.154. The van der Waals surface area contributed by atoms with E-state index < -0.39 is 23.9 Å². The Kier molecular flexibility index (Phi) is 11.2. The number of hydrogen-bond donors (Lipinski definition) is 6. The number of hydrogen-bond acceptors (Lipinski definition) is 5. The second-order valence-electron chi connectivity index (χ2n) is 8.09. The van der Waals surface area contributed by atoms with Gasteiger partial charge in [0.15, 0.2) is 0 Å². The number of anilines is 3. The number of carbonyl (C=O) groups excluding carboxylic acids is 4. The monoisotopic (exact) mass is 571 g/mol. The second kappa shape index (κ2) is 15.1. The lowest BCUT2D eigenvalue weighted by atomic mass is 10.2. The summed E-state index contributed by atoms with van der Waals surface area (Å²) in [5, 5.41) is 6.20. The molecule has 0 saturated heterocycles. The molecule has 6 N–H and O–H groups in total. The van der Waals surface area contributed by atoms with Gasteiger partial charge in [0.2, 0.25) is 11.8 Å². The molecule has 6 amide bonds. The van der Waals surface area contributed by atoms with E-state index in [1.54, 1.807) is 48.5 Å². The van der Waals surface area contributed by atoms with Gasteiger partial charge in [-0.15, -0.1) is 0 Å². The van der Waals surface area contributed by atoms with Crippen molar-refractivity contribution in [1.29, 1.82) is 0 Å². The minimum absolute atomic E-state index is 0.0412. The predicted octanol–water partition coefficient (Wildman–Crippen LogP) is 4.29. The number of nitrogens with one attached hydrogen (secondary N) is 6. The van der Waals surface area contributed by atoms with Gasteiger partial charge < -0.3 is 15.5 Å². The van der Waals surface area contributed by atoms with Gasteiger partial charge >= 0.3 is 12.1 Å². The van der Waals surface area contributed by atoms with Crippen molar-refractivity contribution in [1.82, 2.24) is 21.7 Å². The van der Waals surface area contributed by atoms with Crippen LogP contribution in [0.1, 0.15) is 12.8 Å². The second-order valence-corrected chi connectivity index (χ2v) is 8.96. The Morgan fingerprint density at radius 1 is 0.564 bits per heavy atom. The molecule has 0 bridgehead atoms. The summed E-state index contributed by atoms with van der Waals surface area (Å²) in [6, 6.07) is 21.0. The van der Waals surface area contributed by atoms with Crippen molar-refractivity contribution in [3.8, 4) is 0 Å². The molecule has 0 unspecified atom stereocenters. The molecule has 0 radical (unpaired) electrons. The number of para-hydroxylation sites is 1. The average molecular weight is 572 g/mol. The molecule has 39 heavy (non-hydrogen) atoms. The number of halogens is 2. The average Bonchev–Trinajstić information content (AvgIpc) is 2.94. The minimum atomic E-state index is -0.616. The Morgan fingerprint density at radius 3 is 1.38 bits per heavy atom. The van der Waals surface area contributed by atoms with Crippen molar-refractivity contribution in [3.63, 3.8) is 0 Å². The predicted molar refractivity (Wildman–Crippen MR) is 151 cm³/mol. The molecule has 13 heteroatoms. The van der Waals surface area contributed by atoms with E-state index in [9.17, 15) is 19.2 Å². The summed E-state index contributed by atoms with van der Waals surface area (Å²) in [5.41, 5.74) is 11.1. The Morgan fingerprint density at radius 2 is 0.974 bits per heavy atom. The third-order valence-corrected chi connectivity index (χ3v) is 5.68. The first-order valence-corrected chi connectivity index (χ1v) is 12.6. The van der Waals surface area contributed by atoms with Gasteiger partial charge in [-0.05, 0) is 60.7 Å². The van der Waals surface area contributed by atoms with Gasteiger partial charge in [0.05, 0.1) is 0 Å². The Bertz CT molecular complexity index is 1180. The number of urea groups is 2. The van der Waals surface area contributed by atoms with Crippen LogP contribution in [-0.4, -0.2) is 37.0 Å². The number of rotatable bonds is 9. The molecule has 0 saturated carbocycles. The first-order valence-electron chi connectivity index (χ1n) is 11.8. The molecule has 3 aromatic rings. The molecule has 0 spiro atoms. The van der Waals surface area contributed by atoms with E-state index in [1.807, 2.05) is 35.2 Å². The summed E-state index contributed by atoms with van der Waals surface area (Å²) in [6.45, 7) is 0.544. The molecule has 0 aliphatic rings. The van der Waals surface area contributed by atoms with Gasteiger partial charge in [-0.1, -0.05) is 41.4 Å².